The van der Waals surface area contributed by atoms with Crippen LogP contribution in [-0.4, -0.2) is 39.1 Å². The molecule has 10 heteroatoms. The van der Waals surface area contributed by atoms with Gasteiger partial charge in [-0.05, 0) is 25.1 Å². The first-order valence-corrected chi connectivity index (χ1v) is 9.41. The Hall–Kier alpha value is -4.26. The van der Waals surface area contributed by atoms with Crippen LogP contribution in [0.3, 0.4) is 0 Å². The summed E-state index contributed by atoms with van der Waals surface area (Å²) in [7, 11) is 0. The Kier molecular flexibility index (Phi) is 5.57. The molecule has 156 valence electrons. The lowest BCUT2D eigenvalue weighted by Crippen LogP contribution is -2.45. The van der Waals surface area contributed by atoms with E-state index in [0.717, 1.165) is 6.20 Å². The first-order chi connectivity index (χ1) is 15.0. The first-order valence-electron chi connectivity index (χ1n) is 9.41. The number of nitrogen functional groups attached to an aromatic ring is 1. The number of halogens is 1. The molecule has 0 saturated heterocycles. The molecule has 3 aromatic rings. The molecule has 1 aliphatic heterocycles. The highest BCUT2D eigenvalue weighted by atomic mass is 19.1. The number of pyridine rings is 2. The number of nitrogens with zero attached hydrogens (tertiary/aromatic N) is 5. The molecule has 4 rings (SSSR count). The summed E-state index contributed by atoms with van der Waals surface area (Å²) in [6.07, 6.45) is 5.73. The summed E-state index contributed by atoms with van der Waals surface area (Å²) in [5, 5.41) is 2.86. The molecule has 0 unspecified atom stereocenters. The van der Waals surface area contributed by atoms with E-state index in [1.807, 2.05) is 0 Å². The Labute approximate surface area is 177 Å². The number of urea groups is 1. The van der Waals surface area contributed by atoms with Gasteiger partial charge in [0, 0.05) is 24.2 Å². The fourth-order valence-electron chi connectivity index (χ4n) is 2.91. The van der Waals surface area contributed by atoms with Crippen molar-refractivity contribution in [2.45, 2.75) is 13.0 Å². The number of rotatable bonds is 2. The van der Waals surface area contributed by atoms with Gasteiger partial charge < -0.3 is 15.8 Å². The Morgan fingerprint density at radius 1 is 1.16 bits per heavy atom. The van der Waals surface area contributed by atoms with Gasteiger partial charge in [-0.3, -0.25) is 9.88 Å². The van der Waals surface area contributed by atoms with Crippen LogP contribution in [0.4, 0.5) is 20.8 Å². The average Bonchev–Trinajstić information content (AvgIpc) is 2.78. The number of nitrogens with one attached hydrogen (secondary N) is 1. The molecule has 2 amide bonds. The highest BCUT2D eigenvalue weighted by Gasteiger charge is 2.26. The number of nitrogens with two attached hydrogens (primary N) is 1. The van der Waals surface area contributed by atoms with Crippen LogP contribution in [0, 0.1) is 17.7 Å². The number of aromatic nitrogens is 4. The van der Waals surface area contributed by atoms with Gasteiger partial charge in [-0.15, -0.1) is 0 Å². The Morgan fingerprint density at radius 3 is 2.65 bits per heavy atom. The van der Waals surface area contributed by atoms with E-state index in [0.29, 0.717) is 41.5 Å². The summed E-state index contributed by atoms with van der Waals surface area (Å²) in [5.74, 6) is 5.98. The summed E-state index contributed by atoms with van der Waals surface area (Å²) in [5.41, 5.74) is 7.71. The second kappa shape index (κ2) is 8.62. The fourth-order valence-corrected chi connectivity index (χ4v) is 2.91. The highest BCUT2D eigenvalue weighted by molar-refractivity contribution is 5.94. The van der Waals surface area contributed by atoms with E-state index < -0.39 is 11.9 Å². The second-order valence-electron chi connectivity index (χ2n) is 6.70. The van der Waals surface area contributed by atoms with Crippen LogP contribution >= 0.6 is 0 Å². The van der Waals surface area contributed by atoms with Crippen LogP contribution in [-0.2, 0) is 0 Å². The number of hydrogen-bond acceptors (Lipinski definition) is 7. The Morgan fingerprint density at radius 2 is 1.90 bits per heavy atom. The number of fused-ring (bicyclic) bond motifs is 1. The van der Waals surface area contributed by atoms with Crippen molar-refractivity contribution in [3.05, 3.63) is 65.6 Å². The van der Waals surface area contributed by atoms with Gasteiger partial charge in [0.25, 0.3) is 0 Å². The van der Waals surface area contributed by atoms with Gasteiger partial charge in [0.2, 0.25) is 11.8 Å². The zero-order chi connectivity index (χ0) is 21.8. The fraction of sp³-hybridized carbons (Fsp3) is 0.190. The highest BCUT2D eigenvalue weighted by Crippen LogP contribution is 2.30. The van der Waals surface area contributed by atoms with Gasteiger partial charge in [-0.25, -0.2) is 24.1 Å². The minimum absolute atomic E-state index is 0.171. The van der Waals surface area contributed by atoms with Crippen LogP contribution in [0.5, 0.6) is 5.88 Å². The molecule has 1 atom stereocenters. The predicted molar refractivity (Wildman–Crippen MR) is 111 cm³/mol. The molecule has 0 bridgehead atoms. The molecule has 31 heavy (non-hydrogen) atoms. The molecular weight excluding hydrogens is 401 g/mol. The van der Waals surface area contributed by atoms with Gasteiger partial charge in [0.05, 0.1) is 30.0 Å². The molecule has 9 nitrogen and oxygen atoms in total. The molecular formula is C21H18FN7O2. The summed E-state index contributed by atoms with van der Waals surface area (Å²) < 4.78 is 18.7. The van der Waals surface area contributed by atoms with Gasteiger partial charge >= 0.3 is 6.03 Å². The standard InChI is InChI=1S/C21H18FN7O2/c1-13(17-5-4-16(22)12-24-17)28-21(30)29-6-7-31-19-18(29)8-14(9-25-19)2-3-15-10-26-20(23)27-11-15/h4-5,8-13H,6-7H2,1H3,(H,28,30)(H2,23,26,27)/t13-/m0/s1. The number of amides is 2. The maximum absolute atomic E-state index is 13.1. The van der Waals surface area contributed by atoms with Crippen molar-refractivity contribution in [3.8, 4) is 17.7 Å². The number of hydrogen-bond donors (Lipinski definition) is 2. The van der Waals surface area contributed by atoms with Crippen molar-refractivity contribution in [2.75, 3.05) is 23.8 Å². The average molecular weight is 419 g/mol. The van der Waals surface area contributed by atoms with Crippen molar-refractivity contribution < 1.29 is 13.9 Å². The van der Waals surface area contributed by atoms with E-state index in [2.05, 4.69) is 37.1 Å². The van der Waals surface area contributed by atoms with Crippen molar-refractivity contribution in [2.24, 2.45) is 0 Å². The van der Waals surface area contributed by atoms with Crippen molar-refractivity contribution >= 4 is 17.7 Å². The third-order valence-electron chi connectivity index (χ3n) is 4.48. The number of carbonyl (C=O) groups excluding carboxylic acids is 1. The molecule has 0 spiro atoms. The normalized spacial score (nSPS) is 13.3. The van der Waals surface area contributed by atoms with Crippen LogP contribution < -0.4 is 20.7 Å². The molecule has 3 N–H and O–H groups in total. The minimum Gasteiger partial charge on any atom is -0.474 e. The third kappa shape index (κ3) is 4.67. The second-order valence-corrected chi connectivity index (χ2v) is 6.70. The third-order valence-corrected chi connectivity index (χ3v) is 4.48. The zero-order valence-corrected chi connectivity index (χ0v) is 16.5. The van der Waals surface area contributed by atoms with E-state index in [1.54, 1.807) is 19.2 Å². The molecule has 0 aromatic carbocycles. The summed E-state index contributed by atoms with van der Waals surface area (Å²) in [6, 6.07) is 3.80. The molecule has 0 aliphatic carbocycles. The minimum atomic E-state index is -0.436. The van der Waals surface area contributed by atoms with Crippen LogP contribution in [0.1, 0.15) is 29.8 Å². The SMILES string of the molecule is C[C@H](NC(=O)N1CCOc2ncc(C#Cc3cnc(N)nc3)cc21)c1ccc(F)cn1. The summed E-state index contributed by atoms with van der Waals surface area (Å²) >= 11 is 0. The van der Waals surface area contributed by atoms with E-state index >= 15 is 0 Å². The lowest BCUT2D eigenvalue weighted by Gasteiger charge is -2.29. The zero-order valence-electron chi connectivity index (χ0n) is 16.5. The van der Waals surface area contributed by atoms with Crippen LogP contribution in [0.2, 0.25) is 0 Å². The molecule has 0 fully saturated rings. The first kappa shape index (κ1) is 20.0. The molecule has 4 heterocycles. The van der Waals surface area contributed by atoms with E-state index in [-0.39, 0.29) is 12.0 Å². The molecule has 3 aromatic heterocycles. The number of ether oxygens (including phenoxy) is 1. The quantitative estimate of drug-likeness (QED) is 0.610. The lowest BCUT2D eigenvalue weighted by atomic mass is 10.2. The molecule has 0 saturated carbocycles. The van der Waals surface area contributed by atoms with E-state index in [4.69, 9.17) is 10.5 Å². The van der Waals surface area contributed by atoms with Crippen LogP contribution in [0.15, 0.2) is 43.0 Å². The smallest absolute Gasteiger partial charge is 0.322 e. The Balaban J connectivity index is 1.53. The summed E-state index contributed by atoms with van der Waals surface area (Å²) in [6.45, 7) is 2.42. The maximum Gasteiger partial charge on any atom is 0.322 e. The number of anilines is 2. The lowest BCUT2D eigenvalue weighted by molar-refractivity contribution is 0.235. The Bertz CT molecular complexity index is 1160. The van der Waals surface area contributed by atoms with Gasteiger partial charge in [-0.2, -0.15) is 0 Å². The maximum atomic E-state index is 13.1. The predicted octanol–water partition coefficient (Wildman–Crippen LogP) is 2.06. The van der Waals surface area contributed by atoms with Crippen molar-refractivity contribution in [3.63, 3.8) is 0 Å². The van der Waals surface area contributed by atoms with E-state index in [9.17, 15) is 9.18 Å². The van der Waals surface area contributed by atoms with Gasteiger partial charge in [0.1, 0.15) is 18.1 Å². The van der Waals surface area contributed by atoms with Gasteiger partial charge in [-0.1, -0.05) is 11.8 Å². The van der Waals surface area contributed by atoms with Crippen LogP contribution in [0.25, 0.3) is 0 Å². The largest absolute Gasteiger partial charge is 0.474 e. The molecule has 0 radical (unpaired) electrons. The topological polar surface area (TPSA) is 119 Å². The van der Waals surface area contributed by atoms with E-state index in [1.165, 1.54) is 29.4 Å². The van der Waals surface area contributed by atoms with Crippen molar-refractivity contribution in [1.29, 1.82) is 0 Å². The molecule has 1 aliphatic rings. The van der Waals surface area contributed by atoms with Crippen molar-refractivity contribution in [1.82, 2.24) is 25.3 Å². The van der Waals surface area contributed by atoms with Gasteiger partial charge in [0.15, 0.2) is 0 Å². The number of carbonyl (C=O) groups is 1. The monoisotopic (exact) mass is 419 g/mol. The summed E-state index contributed by atoms with van der Waals surface area (Å²) in [4.78, 5) is 30.5.